The number of rotatable bonds is 13. The van der Waals surface area contributed by atoms with Crippen LogP contribution in [0.2, 0.25) is 0 Å². The Kier molecular flexibility index (Phi) is 10.8. The molecule has 40 heavy (non-hydrogen) atoms. The molecule has 3 aromatic rings. The quantitative estimate of drug-likeness (QED) is 0.228. The number of carbonyl (C=O) groups excluding carboxylic acids is 2. The van der Waals surface area contributed by atoms with Gasteiger partial charge in [0.15, 0.2) is 0 Å². The molecule has 0 radical (unpaired) electrons. The van der Waals surface area contributed by atoms with E-state index in [4.69, 9.17) is 14.5 Å². The van der Waals surface area contributed by atoms with Gasteiger partial charge in [0.05, 0.1) is 24.8 Å². The van der Waals surface area contributed by atoms with Crippen molar-refractivity contribution in [2.24, 2.45) is 5.92 Å². The normalized spacial score (nSPS) is 14.6. The van der Waals surface area contributed by atoms with E-state index in [1.807, 2.05) is 37.3 Å². The third-order valence-electron chi connectivity index (χ3n) is 7.67. The van der Waals surface area contributed by atoms with Crippen LogP contribution in [0.4, 0.5) is 10.5 Å². The van der Waals surface area contributed by atoms with Gasteiger partial charge in [-0.15, -0.1) is 0 Å². The van der Waals surface area contributed by atoms with E-state index in [0.717, 1.165) is 72.4 Å². The first-order valence-electron chi connectivity index (χ1n) is 14.8. The molecule has 0 spiro atoms. The molecule has 8 nitrogen and oxygen atoms in total. The maximum Gasteiger partial charge on any atom is 0.319 e. The number of nitrogens with one attached hydrogen (secondary N) is 2. The number of urea groups is 1. The minimum absolute atomic E-state index is 0.140. The summed E-state index contributed by atoms with van der Waals surface area (Å²) in [5.41, 5.74) is 3.87. The number of aryl methyl sites for hydroxylation is 1. The highest BCUT2D eigenvalue weighted by molar-refractivity contribution is 5.92. The molecule has 1 heterocycles. The molecule has 1 fully saturated rings. The molecular weight excluding hydrogens is 504 g/mol. The van der Waals surface area contributed by atoms with Gasteiger partial charge in [-0.05, 0) is 67.5 Å². The summed E-state index contributed by atoms with van der Waals surface area (Å²) in [5, 5.41) is 6.17. The van der Waals surface area contributed by atoms with Crippen molar-refractivity contribution in [3.05, 3.63) is 53.9 Å². The lowest BCUT2D eigenvalue weighted by Crippen LogP contribution is -2.39. The fraction of sp³-hybridized carbons (Fsp3) is 0.531. The van der Waals surface area contributed by atoms with Crippen molar-refractivity contribution in [2.75, 3.05) is 19.0 Å². The van der Waals surface area contributed by atoms with Gasteiger partial charge in [0.25, 0.3) is 0 Å². The van der Waals surface area contributed by atoms with Crippen LogP contribution < -0.4 is 15.4 Å². The number of aromatic nitrogens is 2. The lowest BCUT2D eigenvalue weighted by Gasteiger charge is -2.22. The van der Waals surface area contributed by atoms with Crippen LogP contribution in [0.3, 0.4) is 0 Å². The maximum absolute atomic E-state index is 12.7. The molecule has 1 aliphatic carbocycles. The highest BCUT2D eigenvalue weighted by Gasteiger charge is 2.17. The van der Waals surface area contributed by atoms with Gasteiger partial charge in [-0.25, -0.2) is 9.78 Å². The topological polar surface area (TPSA) is 94.5 Å². The van der Waals surface area contributed by atoms with Crippen molar-refractivity contribution < 1.29 is 19.1 Å². The van der Waals surface area contributed by atoms with Crippen LogP contribution in [0.5, 0.6) is 5.75 Å². The van der Waals surface area contributed by atoms with Crippen molar-refractivity contribution in [1.29, 1.82) is 0 Å². The van der Waals surface area contributed by atoms with E-state index in [0.29, 0.717) is 19.6 Å². The van der Waals surface area contributed by atoms with Crippen LogP contribution in [0.25, 0.3) is 11.0 Å². The molecule has 1 atom stereocenters. The van der Waals surface area contributed by atoms with Crippen LogP contribution in [0.1, 0.15) is 83.0 Å². The Morgan fingerprint density at radius 3 is 2.60 bits per heavy atom. The number of hydrogen-bond donors (Lipinski definition) is 2. The van der Waals surface area contributed by atoms with Crippen molar-refractivity contribution in [1.82, 2.24) is 14.9 Å². The van der Waals surface area contributed by atoms with Gasteiger partial charge in [0.1, 0.15) is 11.6 Å². The van der Waals surface area contributed by atoms with Gasteiger partial charge < -0.3 is 24.7 Å². The van der Waals surface area contributed by atoms with Crippen LogP contribution >= 0.6 is 0 Å². The molecule has 1 saturated carbocycles. The first-order chi connectivity index (χ1) is 19.4. The van der Waals surface area contributed by atoms with Gasteiger partial charge in [-0.3, -0.25) is 4.79 Å². The second-order valence-corrected chi connectivity index (χ2v) is 11.0. The summed E-state index contributed by atoms with van der Waals surface area (Å²) in [6.45, 7) is 5.45. The van der Waals surface area contributed by atoms with Crippen LogP contribution in [-0.4, -0.2) is 41.3 Å². The largest absolute Gasteiger partial charge is 0.494 e. The molecule has 0 bridgehead atoms. The minimum Gasteiger partial charge on any atom is -0.494 e. The molecule has 0 aliphatic heterocycles. The lowest BCUT2D eigenvalue weighted by molar-refractivity contribution is -0.141. The second-order valence-electron chi connectivity index (χ2n) is 11.0. The number of imidazole rings is 1. The minimum atomic E-state index is -0.187. The van der Waals surface area contributed by atoms with E-state index >= 15 is 0 Å². The van der Waals surface area contributed by atoms with Gasteiger partial charge in [-0.1, -0.05) is 51.7 Å². The molecule has 2 aromatic carbocycles. The molecule has 1 aromatic heterocycles. The predicted molar refractivity (Wildman–Crippen MR) is 159 cm³/mol. The van der Waals surface area contributed by atoms with Crippen molar-refractivity contribution in [3.63, 3.8) is 0 Å². The molecule has 1 unspecified atom stereocenters. The molecule has 216 valence electrons. The predicted octanol–water partition coefficient (Wildman–Crippen LogP) is 6.85. The Hall–Kier alpha value is -3.55. The molecule has 2 N–H and O–H groups in total. The summed E-state index contributed by atoms with van der Waals surface area (Å²) in [6.07, 6.45) is 9.99. The second kappa shape index (κ2) is 14.7. The van der Waals surface area contributed by atoms with Crippen LogP contribution in [0, 0.1) is 5.92 Å². The fourth-order valence-electron chi connectivity index (χ4n) is 5.27. The number of hydrogen-bond acceptors (Lipinski definition) is 5. The van der Waals surface area contributed by atoms with Crippen LogP contribution in [-0.2, 0) is 22.5 Å². The third kappa shape index (κ3) is 8.47. The Labute approximate surface area is 237 Å². The van der Waals surface area contributed by atoms with Gasteiger partial charge in [-0.2, -0.15) is 0 Å². The van der Waals surface area contributed by atoms with E-state index in [-0.39, 0.29) is 24.0 Å². The standard InChI is InChI=1S/C32H44N4O4/c1-4-5-11-30-35-28-17-14-26(34-32(38)33-25-9-7-6-8-10-25)21-29(28)36(30)22-24-12-15-27(16-13-24)40-19-18-23(2)20-31(37)39-3/h12-17,21,23,25H,4-11,18-20,22H2,1-3H3,(H2,33,34,38). The zero-order chi connectivity index (χ0) is 28.3. The Balaban J connectivity index is 1.42. The van der Waals surface area contributed by atoms with Crippen molar-refractivity contribution in [3.8, 4) is 5.75 Å². The number of ether oxygens (including phenoxy) is 2. The lowest BCUT2D eigenvalue weighted by atomic mass is 9.96. The highest BCUT2D eigenvalue weighted by Crippen LogP contribution is 2.25. The number of fused-ring (bicyclic) bond motifs is 1. The fourth-order valence-corrected chi connectivity index (χ4v) is 5.27. The molecular formula is C32H44N4O4. The Morgan fingerprint density at radius 1 is 1.10 bits per heavy atom. The van der Waals surface area contributed by atoms with Crippen molar-refractivity contribution >= 4 is 28.7 Å². The number of methoxy groups -OCH3 is 1. The zero-order valence-electron chi connectivity index (χ0n) is 24.2. The zero-order valence-corrected chi connectivity index (χ0v) is 24.2. The van der Waals surface area contributed by atoms with E-state index in [9.17, 15) is 9.59 Å². The monoisotopic (exact) mass is 548 g/mol. The summed E-state index contributed by atoms with van der Waals surface area (Å²) in [4.78, 5) is 29.0. The summed E-state index contributed by atoms with van der Waals surface area (Å²) in [6, 6.07) is 14.2. The van der Waals surface area contributed by atoms with E-state index < -0.39 is 0 Å². The number of esters is 1. The first kappa shape index (κ1) is 29.4. The summed E-state index contributed by atoms with van der Waals surface area (Å²) < 4.78 is 12.9. The molecule has 4 rings (SSSR count). The number of nitrogens with zero attached hydrogens (tertiary/aromatic N) is 2. The molecule has 8 heteroatoms. The van der Waals surface area contributed by atoms with E-state index in [1.165, 1.54) is 26.4 Å². The maximum atomic E-state index is 12.7. The van der Waals surface area contributed by atoms with E-state index in [1.54, 1.807) is 0 Å². The highest BCUT2D eigenvalue weighted by atomic mass is 16.5. The SMILES string of the molecule is CCCCc1nc2ccc(NC(=O)NC3CCCCC3)cc2n1Cc1ccc(OCCC(C)CC(=O)OC)cc1. The average Bonchev–Trinajstić information content (AvgIpc) is 3.29. The van der Waals surface area contributed by atoms with Gasteiger partial charge in [0, 0.05) is 31.1 Å². The first-order valence-corrected chi connectivity index (χ1v) is 14.8. The number of carbonyl (C=O) groups is 2. The van der Waals surface area contributed by atoms with Crippen molar-refractivity contribution in [2.45, 2.75) is 90.6 Å². The molecule has 2 amide bonds. The Bertz CT molecular complexity index is 1250. The van der Waals surface area contributed by atoms with Crippen LogP contribution in [0.15, 0.2) is 42.5 Å². The summed E-state index contributed by atoms with van der Waals surface area (Å²) in [5.74, 6) is 1.89. The number of unbranched alkanes of at least 4 members (excludes halogenated alkanes) is 1. The third-order valence-corrected chi connectivity index (χ3v) is 7.67. The van der Waals surface area contributed by atoms with E-state index in [2.05, 4.69) is 34.3 Å². The number of anilines is 1. The number of benzene rings is 2. The summed E-state index contributed by atoms with van der Waals surface area (Å²) >= 11 is 0. The summed E-state index contributed by atoms with van der Waals surface area (Å²) in [7, 11) is 1.42. The average molecular weight is 549 g/mol. The van der Waals surface area contributed by atoms with Gasteiger partial charge >= 0.3 is 12.0 Å². The van der Waals surface area contributed by atoms with Gasteiger partial charge in [0.2, 0.25) is 0 Å². The molecule has 1 aliphatic rings. The smallest absolute Gasteiger partial charge is 0.319 e. The number of amides is 2. The molecule has 0 saturated heterocycles. The Morgan fingerprint density at radius 2 is 1.88 bits per heavy atom.